The van der Waals surface area contributed by atoms with Crippen molar-refractivity contribution < 1.29 is 9.15 Å². The fourth-order valence-corrected chi connectivity index (χ4v) is 1.88. The van der Waals surface area contributed by atoms with Crippen LogP contribution in [0.5, 0.6) is 5.75 Å². The Hall–Kier alpha value is -1.45. The fraction of sp³-hybridized carbons (Fsp3) is 0.333. The molecule has 0 spiro atoms. The average Bonchev–Trinajstić information content (AvgIpc) is 2.85. The van der Waals surface area contributed by atoms with Gasteiger partial charge in [0.25, 0.3) is 0 Å². The van der Waals surface area contributed by atoms with Gasteiger partial charge in [-0.3, -0.25) is 0 Å². The van der Waals surface area contributed by atoms with Gasteiger partial charge >= 0.3 is 0 Å². The van der Waals surface area contributed by atoms with E-state index in [1.165, 1.54) is 0 Å². The van der Waals surface area contributed by atoms with Crippen molar-refractivity contribution in [2.75, 3.05) is 6.54 Å². The predicted molar refractivity (Wildman–Crippen MR) is 76.6 cm³/mol. The lowest BCUT2D eigenvalue weighted by Gasteiger charge is -2.07. The molecule has 0 fully saturated rings. The highest BCUT2D eigenvalue weighted by atomic mass is 35.5. The summed E-state index contributed by atoms with van der Waals surface area (Å²) in [6, 6.07) is 9.51. The third kappa shape index (κ3) is 4.01. The second-order valence-corrected chi connectivity index (χ2v) is 4.78. The summed E-state index contributed by atoms with van der Waals surface area (Å²) in [5, 5.41) is 3.89. The Balaban J connectivity index is 1.94. The quantitative estimate of drug-likeness (QED) is 0.870. The van der Waals surface area contributed by atoms with Gasteiger partial charge in [-0.05, 0) is 43.3 Å². The van der Waals surface area contributed by atoms with Crippen LogP contribution >= 0.6 is 11.6 Å². The molecule has 1 heterocycles. The monoisotopic (exact) mass is 279 g/mol. The molecule has 102 valence electrons. The van der Waals surface area contributed by atoms with E-state index in [1.807, 2.05) is 37.3 Å². The van der Waals surface area contributed by atoms with Gasteiger partial charge in [0.05, 0.1) is 6.54 Å². The van der Waals surface area contributed by atoms with Crippen molar-refractivity contribution >= 4 is 11.6 Å². The van der Waals surface area contributed by atoms with Gasteiger partial charge in [0.1, 0.15) is 23.9 Å². The average molecular weight is 280 g/mol. The molecule has 0 radical (unpaired) electrons. The van der Waals surface area contributed by atoms with Crippen LogP contribution in [0, 0.1) is 6.92 Å². The van der Waals surface area contributed by atoms with Crippen molar-refractivity contribution in [3.8, 4) is 5.75 Å². The Morgan fingerprint density at radius 2 is 2.00 bits per heavy atom. The lowest BCUT2D eigenvalue weighted by Crippen LogP contribution is -2.10. The number of rotatable bonds is 6. The first kappa shape index (κ1) is 14.0. The molecular formula is C15H18ClNO2. The molecule has 2 rings (SSSR count). The number of aryl methyl sites for hydroxylation is 1. The van der Waals surface area contributed by atoms with Crippen molar-refractivity contribution in [2.24, 2.45) is 0 Å². The summed E-state index contributed by atoms with van der Waals surface area (Å²) in [6.07, 6.45) is 0. The SMILES string of the molecule is CCNCc1ccc(COc2cc(Cl)ccc2C)o1. The van der Waals surface area contributed by atoms with Gasteiger partial charge in [-0.1, -0.05) is 24.6 Å². The molecule has 0 atom stereocenters. The third-order valence-corrected chi connectivity index (χ3v) is 3.02. The van der Waals surface area contributed by atoms with E-state index >= 15 is 0 Å². The molecule has 0 aliphatic rings. The van der Waals surface area contributed by atoms with Crippen LogP contribution in [0.4, 0.5) is 0 Å². The van der Waals surface area contributed by atoms with Crippen LogP contribution in [0.3, 0.4) is 0 Å². The molecule has 0 aliphatic heterocycles. The van der Waals surface area contributed by atoms with E-state index in [1.54, 1.807) is 0 Å². The maximum Gasteiger partial charge on any atom is 0.146 e. The lowest BCUT2D eigenvalue weighted by atomic mass is 10.2. The Morgan fingerprint density at radius 1 is 1.21 bits per heavy atom. The van der Waals surface area contributed by atoms with Crippen LogP contribution in [-0.2, 0) is 13.2 Å². The normalized spacial score (nSPS) is 10.7. The molecule has 0 unspecified atom stereocenters. The molecule has 0 amide bonds. The molecule has 19 heavy (non-hydrogen) atoms. The minimum absolute atomic E-state index is 0.410. The standard InChI is InChI=1S/C15H18ClNO2/c1-3-17-9-13-6-7-14(19-13)10-18-15-8-12(16)5-4-11(15)2/h4-8,17H,3,9-10H2,1-2H3. The maximum absolute atomic E-state index is 5.95. The Morgan fingerprint density at radius 3 is 2.79 bits per heavy atom. The molecule has 1 N–H and O–H groups in total. The van der Waals surface area contributed by atoms with Crippen molar-refractivity contribution in [1.82, 2.24) is 5.32 Å². The van der Waals surface area contributed by atoms with E-state index in [0.717, 1.165) is 35.9 Å². The zero-order valence-electron chi connectivity index (χ0n) is 11.2. The molecule has 4 heteroatoms. The van der Waals surface area contributed by atoms with Gasteiger partial charge in [-0.15, -0.1) is 0 Å². The molecule has 2 aromatic rings. The van der Waals surface area contributed by atoms with Gasteiger partial charge in [-0.25, -0.2) is 0 Å². The van der Waals surface area contributed by atoms with Gasteiger partial charge in [0.2, 0.25) is 0 Å². The Bertz CT molecular complexity index is 537. The van der Waals surface area contributed by atoms with E-state index in [9.17, 15) is 0 Å². The third-order valence-electron chi connectivity index (χ3n) is 2.79. The van der Waals surface area contributed by atoms with E-state index in [0.29, 0.717) is 11.6 Å². The van der Waals surface area contributed by atoms with Crippen LogP contribution in [0.1, 0.15) is 24.0 Å². The minimum Gasteiger partial charge on any atom is -0.485 e. The van der Waals surface area contributed by atoms with E-state index in [-0.39, 0.29) is 0 Å². The zero-order chi connectivity index (χ0) is 13.7. The molecular weight excluding hydrogens is 262 g/mol. The van der Waals surface area contributed by atoms with Gasteiger partial charge in [0, 0.05) is 5.02 Å². The molecule has 0 saturated heterocycles. The minimum atomic E-state index is 0.410. The van der Waals surface area contributed by atoms with E-state index in [4.69, 9.17) is 20.8 Å². The highest BCUT2D eigenvalue weighted by Gasteiger charge is 2.05. The highest BCUT2D eigenvalue weighted by molar-refractivity contribution is 6.30. The van der Waals surface area contributed by atoms with E-state index in [2.05, 4.69) is 12.2 Å². The summed E-state index contributed by atoms with van der Waals surface area (Å²) >= 11 is 5.95. The first-order valence-corrected chi connectivity index (χ1v) is 6.74. The van der Waals surface area contributed by atoms with Crippen LogP contribution in [0.25, 0.3) is 0 Å². The predicted octanol–water partition coefficient (Wildman–Crippen LogP) is 3.93. The number of benzene rings is 1. The summed E-state index contributed by atoms with van der Waals surface area (Å²) < 4.78 is 11.4. The van der Waals surface area contributed by atoms with Gasteiger partial charge in [0.15, 0.2) is 0 Å². The second-order valence-electron chi connectivity index (χ2n) is 4.35. The topological polar surface area (TPSA) is 34.4 Å². The first-order chi connectivity index (χ1) is 9.19. The number of halogens is 1. The van der Waals surface area contributed by atoms with Crippen LogP contribution in [-0.4, -0.2) is 6.54 Å². The molecule has 3 nitrogen and oxygen atoms in total. The van der Waals surface area contributed by atoms with Crippen LogP contribution in [0.15, 0.2) is 34.7 Å². The zero-order valence-corrected chi connectivity index (χ0v) is 12.0. The highest BCUT2D eigenvalue weighted by Crippen LogP contribution is 2.23. The smallest absolute Gasteiger partial charge is 0.146 e. The van der Waals surface area contributed by atoms with Gasteiger partial charge < -0.3 is 14.5 Å². The summed E-state index contributed by atoms with van der Waals surface area (Å²) in [5.41, 5.74) is 1.06. The van der Waals surface area contributed by atoms with Crippen molar-refractivity contribution in [1.29, 1.82) is 0 Å². The van der Waals surface area contributed by atoms with Crippen molar-refractivity contribution in [2.45, 2.75) is 27.0 Å². The molecule has 0 aliphatic carbocycles. The number of ether oxygens (including phenoxy) is 1. The van der Waals surface area contributed by atoms with Crippen molar-refractivity contribution in [3.05, 3.63) is 52.4 Å². The largest absolute Gasteiger partial charge is 0.485 e. The van der Waals surface area contributed by atoms with E-state index < -0.39 is 0 Å². The number of furan rings is 1. The second kappa shape index (κ2) is 6.64. The summed E-state index contributed by atoms with van der Waals surface area (Å²) in [5.74, 6) is 2.52. The van der Waals surface area contributed by atoms with Gasteiger partial charge in [-0.2, -0.15) is 0 Å². The fourth-order valence-electron chi connectivity index (χ4n) is 1.72. The maximum atomic E-state index is 5.95. The summed E-state index contributed by atoms with van der Waals surface area (Å²) in [6.45, 7) is 6.13. The number of hydrogen-bond donors (Lipinski definition) is 1. The molecule has 0 saturated carbocycles. The van der Waals surface area contributed by atoms with Crippen LogP contribution < -0.4 is 10.1 Å². The first-order valence-electron chi connectivity index (χ1n) is 6.36. The summed E-state index contributed by atoms with van der Waals surface area (Å²) in [4.78, 5) is 0. The summed E-state index contributed by atoms with van der Waals surface area (Å²) in [7, 11) is 0. The lowest BCUT2D eigenvalue weighted by molar-refractivity contribution is 0.263. The Kier molecular flexibility index (Phi) is 4.88. The number of nitrogens with one attached hydrogen (secondary N) is 1. The Labute approximate surface area is 118 Å². The molecule has 1 aromatic heterocycles. The van der Waals surface area contributed by atoms with Crippen LogP contribution in [0.2, 0.25) is 5.02 Å². The molecule has 0 bridgehead atoms. The number of hydrogen-bond acceptors (Lipinski definition) is 3. The molecule has 1 aromatic carbocycles. The van der Waals surface area contributed by atoms with Crippen molar-refractivity contribution in [3.63, 3.8) is 0 Å².